The highest BCUT2D eigenvalue weighted by Crippen LogP contribution is 2.45. The average Bonchev–Trinajstić information content (AvgIpc) is 2.78. The summed E-state index contributed by atoms with van der Waals surface area (Å²) in [6.45, 7) is 0. The molecule has 0 aliphatic rings. The molecule has 31 heavy (non-hydrogen) atoms. The number of alkyl halides is 3. The molecule has 0 radical (unpaired) electrons. The lowest BCUT2D eigenvalue weighted by atomic mass is 9.89. The molecule has 5 aromatic rings. The van der Waals surface area contributed by atoms with Gasteiger partial charge < -0.3 is 5.11 Å². The smallest absolute Gasteiger partial charge is 0.416 e. The lowest BCUT2D eigenvalue weighted by Crippen LogP contribution is -2.04. The molecular weight excluding hydrogens is 397 g/mol. The number of benzene rings is 5. The third-order valence-corrected chi connectivity index (χ3v) is 5.60. The number of hydrogen-bond donors (Lipinski definition) is 1. The number of hydrogen-bond acceptors (Lipinski definition) is 1. The molecule has 0 aliphatic carbocycles. The third-order valence-electron chi connectivity index (χ3n) is 5.60. The largest absolute Gasteiger partial charge is 0.507 e. The standard InChI is InChI=1S/C27H17F3O/c28-27(29,30)20-14-12-18(13-15-20)24-16-19-7-2-4-10-22(19)25(26(24)31)23-11-5-8-17-6-1-3-9-21(17)23/h1-16,31H. The minimum Gasteiger partial charge on any atom is -0.507 e. The topological polar surface area (TPSA) is 20.2 Å². The number of rotatable bonds is 2. The van der Waals surface area contributed by atoms with E-state index in [0.29, 0.717) is 16.7 Å². The summed E-state index contributed by atoms with van der Waals surface area (Å²) in [6.07, 6.45) is -4.40. The summed E-state index contributed by atoms with van der Waals surface area (Å²) in [4.78, 5) is 0. The van der Waals surface area contributed by atoms with Gasteiger partial charge in [0.15, 0.2) is 0 Å². The quantitative estimate of drug-likeness (QED) is 0.310. The van der Waals surface area contributed by atoms with Crippen LogP contribution in [0.4, 0.5) is 13.2 Å². The van der Waals surface area contributed by atoms with E-state index in [-0.39, 0.29) is 5.75 Å². The van der Waals surface area contributed by atoms with Crippen molar-refractivity contribution in [3.8, 4) is 28.0 Å². The first-order chi connectivity index (χ1) is 14.9. The summed E-state index contributed by atoms with van der Waals surface area (Å²) in [5, 5.41) is 15.2. The van der Waals surface area contributed by atoms with Crippen molar-refractivity contribution in [1.82, 2.24) is 0 Å². The monoisotopic (exact) mass is 414 g/mol. The van der Waals surface area contributed by atoms with Crippen molar-refractivity contribution >= 4 is 21.5 Å². The number of halogens is 3. The molecule has 5 rings (SSSR count). The van der Waals surface area contributed by atoms with Crippen LogP contribution >= 0.6 is 0 Å². The molecule has 0 amide bonds. The van der Waals surface area contributed by atoms with Gasteiger partial charge in [0.25, 0.3) is 0 Å². The van der Waals surface area contributed by atoms with Crippen LogP contribution in [-0.2, 0) is 6.18 Å². The molecule has 0 saturated carbocycles. The molecular formula is C27H17F3O. The summed E-state index contributed by atoms with van der Waals surface area (Å²) >= 11 is 0. The van der Waals surface area contributed by atoms with Crippen molar-refractivity contribution in [2.45, 2.75) is 6.18 Å². The Hall–Kier alpha value is -3.79. The molecule has 0 unspecified atom stereocenters. The van der Waals surface area contributed by atoms with Gasteiger partial charge in [0.2, 0.25) is 0 Å². The van der Waals surface area contributed by atoms with E-state index in [0.717, 1.165) is 39.2 Å². The maximum atomic E-state index is 13.0. The van der Waals surface area contributed by atoms with Gasteiger partial charge in [0.05, 0.1) is 5.56 Å². The van der Waals surface area contributed by atoms with E-state index in [9.17, 15) is 18.3 Å². The van der Waals surface area contributed by atoms with Crippen LogP contribution < -0.4 is 0 Å². The number of aromatic hydroxyl groups is 1. The fourth-order valence-electron chi connectivity index (χ4n) is 4.11. The van der Waals surface area contributed by atoms with E-state index in [4.69, 9.17) is 0 Å². The Labute approximate surface area is 177 Å². The van der Waals surface area contributed by atoms with Gasteiger partial charge in [-0.15, -0.1) is 0 Å². The Morgan fingerprint density at radius 3 is 1.90 bits per heavy atom. The van der Waals surface area contributed by atoms with E-state index in [2.05, 4.69) is 0 Å². The lowest BCUT2D eigenvalue weighted by Gasteiger charge is -2.16. The van der Waals surface area contributed by atoms with Crippen molar-refractivity contribution in [1.29, 1.82) is 0 Å². The Morgan fingerprint density at radius 1 is 0.581 bits per heavy atom. The Kier molecular flexibility index (Phi) is 4.44. The van der Waals surface area contributed by atoms with Crippen LogP contribution in [0, 0.1) is 0 Å². The molecule has 0 atom stereocenters. The number of phenols is 1. The average molecular weight is 414 g/mol. The second-order valence-electron chi connectivity index (χ2n) is 7.47. The van der Waals surface area contributed by atoms with Gasteiger partial charge in [-0.1, -0.05) is 78.9 Å². The highest BCUT2D eigenvalue weighted by atomic mass is 19.4. The third kappa shape index (κ3) is 3.30. The van der Waals surface area contributed by atoms with Gasteiger partial charge in [0.1, 0.15) is 5.75 Å². The van der Waals surface area contributed by atoms with Crippen LogP contribution in [0.3, 0.4) is 0 Å². The maximum absolute atomic E-state index is 13.0. The van der Waals surface area contributed by atoms with Crippen LogP contribution in [0.15, 0.2) is 97.1 Å². The van der Waals surface area contributed by atoms with Gasteiger partial charge >= 0.3 is 6.18 Å². The second kappa shape index (κ2) is 7.17. The highest BCUT2D eigenvalue weighted by Gasteiger charge is 2.30. The summed E-state index contributed by atoms with van der Waals surface area (Å²) in [6, 6.07) is 28.3. The Bertz CT molecular complexity index is 1410. The van der Waals surface area contributed by atoms with Gasteiger partial charge in [-0.3, -0.25) is 0 Å². The molecule has 0 saturated heterocycles. The first kappa shape index (κ1) is 19.2. The van der Waals surface area contributed by atoms with E-state index in [1.807, 2.05) is 72.8 Å². The highest BCUT2D eigenvalue weighted by molar-refractivity contribution is 6.10. The minimum absolute atomic E-state index is 0.0508. The molecule has 0 bridgehead atoms. The van der Waals surface area contributed by atoms with Crippen molar-refractivity contribution < 1.29 is 18.3 Å². The van der Waals surface area contributed by atoms with Crippen molar-refractivity contribution in [3.63, 3.8) is 0 Å². The number of phenolic OH excluding ortho intramolecular Hbond substituents is 1. The van der Waals surface area contributed by atoms with E-state index in [1.54, 1.807) is 0 Å². The minimum atomic E-state index is -4.40. The van der Waals surface area contributed by atoms with Crippen LogP contribution in [0.5, 0.6) is 5.75 Å². The normalized spacial score (nSPS) is 11.8. The van der Waals surface area contributed by atoms with Crippen LogP contribution in [0.2, 0.25) is 0 Å². The zero-order chi connectivity index (χ0) is 21.6. The number of fused-ring (bicyclic) bond motifs is 2. The molecule has 0 aliphatic heterocycles. The first-order valence-corrected chi connectivity index (χ1v) is 9.84. The summed E-state index contributed by atoms with van der Waals surface area (Å²) < 4.78 is 39.0. The second-order valence-corrected chi connectivity index (χ2v) is 7.47. The maximum Gasteiger partial charge on any atom is 0.416 e. The van der Waals surface area contributed by atoms with E-state index >= 15 is 0 Å². The van der Waals surface area contributed by atoms with E-state index < -0.39 is 11.7 Å². The predicted octanol–water partition coefficient (Wildman–Crippen LogP) is 8.05. The van der Waals surface area contributed by atoms with Gasteiger partial charge in [-0.25, -0.2) is 0 Å². The Balaban J connectivity index is 1.81. The molecule has 1 nitrogen and oxygen atoms in total. The van der Waals surface area contributed by atoms with Crippen molar-refractivity contribution in [3.05, 3.63) is 103 Å². The predicted molar refractivity (Wildman–Crippen MR) is 119 cm³/mol. The molecule has 0 spiro atoms. The molecule has 0 aromatic heterocycles. The van der Waals surface area contributed by atoms with Crippen LogP contribution in [0.1, 0.15) is 5.56 Å². The Morgan fingerprint density at radius 2 is 1.19 bits per heavy atom. The van der Waals surface area contributed by atoms with Crippen LogP contribution in [0.25, 0.3) is 43.8 Å². The van der Waals surface area contributed by atoms with Gasteiger partial charge in [-0.2, -0.15) is 13.2 Å². The molecule has 5 aromatic carbocycles. The molecule has 0 heterocycles. The molecule has 0 fully saturated rings. The van der Waals surface area contributed by atoms with Gasteiger partial charge in [-0.05, 0) is 50.9 Å². The summed E-state index contributed by atoms with van der Waals surface area (Å²) in [7, 11) is 0. The summed E-state index contributed by atoms with van der Waals surface area (Å²) in [5.74, 6) is 0.0508. The zero-order valence-corrected chi connectivity index (χ0v) is 16.3. The molecule has 152 valence electrons. The first-order valence-electron chi connectivity index (χ1n) is 9.84. The van der Waals surface area contributed by atoms with Crippen molar-refractivity contribution in [2.75, 3.05) is 0 Å². The fraction of sp³-hybridized carbons (Fsp3) is 0.0370. The zero-order valence-electron chi connectivity index (χ0n) is 16.3. The molecule has 4 heteroatoms. The van der Waals surface area contributed by atoms with Crippen LogP contribution in [-0.4, -0.2) is 5.11 Å². The lowest BCUT2D eigenvalue weighted by molar-refractivity contribution is -0.137. The van der Waals surface area contributed by atoms with Gasteiger partial charge in [0, 0.05) is 11.1 Å². The molecule has 1 N–H and O–H groups in total. The fourth-order valence-corrected chi connectivity index (χ4v) is 4.11. The SMILES string of the molecule is Oc1c(-c2ccc(C(F)(F)F)cc2)cc2ccccc2c1-c1cccc2ccccc12. The van der Waals surface area contributed by atoms with E-state index in [1.165, 1.54) is 12.1 Å². The summed E-state index contributed by atoms with van der Waals surface area (Å²) in [5.41, 5.74) is 1.85. The van der Waals surface area contributed by atoms with Crippen molar-refractivity contribution in [2.24, 2.45) is 0 Å².